The summed E-state index contributed by atoms with van der Waals surface area (Å²) in [5.41, 5.74) is 1.20. The number of halogens is 1. The van der Waals surface area contributed by atoms with Crippen molar-refractivity contribution in [1.82, 2.24) is 5.32 Å². The van der Waals surface area contributed by atoms with E-state index in [0.29, 0.717) is 6.54 Å². The topological polar surface area (TPSA) is 52.5 Å². The van der Waals surface area contributed by atoms with E-state index in [2.05, 4.69) is 40.3 Å². The van der Waals surface area contributed by atoms with Gasteiger partial charge in [-0.25, -0.2) is 0 Å². The Morgan fingerprint density at radius 3 is 2.31 bits per heavy atom. The second-order valence-electron chi connectivity index (χ2n) is 7.84. The van der Waals surface area contributed by atoms with Crippen LogP contribution in [0.1, 0.15) is 68.9 Å². The fourth-order valence-corrected chi connectivity index (χ4v) is 4.20. The average molecular weight is 462 g/mol. The standard InChI is InChI=1S/C25H36BrNO2/c1-2-3-4-8-17-25(29,22-13-15-23(26)16-14-22)24(20-27-18-9-10-19-28)21-11-6-5-7-12-21/h5-7,11-16,24,27-29H,2-4,8-10,17-20H2,1H3/t24-,25+/m1/s1. The lowest BCUT2D eigenvalue weighted by molar-refractivity contribution is -0.00407. The summed E-state index contributed by atoms with van der Waals surface area (Å²) in [5, 5.41) is 24.6. The Morgan fingerprint density at radius 1 is 0.931 bits per heavy atom. The Labute approximate surface area is 184 Å². The molecule has 0 heterocycles. The van der Waals surface area contributed by atoms with E-state index in [4.69, 9.17) is 5.11 Å². The van der Waals surface area contributed by atoms with Crippen LogP contribution in [-0.2, 0) is 5.60 Å². The van der Waals surface area contributed by atoms with Gasteiger partial charge in [-0.15, -0.1) is 0 Å². The van der Waals surface area contributed by atoms with Crippen LogP contribution in [0.15, 0.2) is 59.1 Å². The van der Waals surface area contributed by atoms with Crippen molar-refractivity contribution in [1.29, 1.82) is 0 Å². The summed E-state index contributed by atoms with van der Waals surface area (Å²) in [6.45, 7) is 3.99. The lowest BCUT2D eigenvalue weighted by Crippen LogP contribution is -2.40. The molecule has 2 atom stereocenters. The van der Waals surface area contributed by atoms with Gasteiger partial charge in [-0.1, -0.05) is 91.0 Å². The molecule has 0 saturated heterocycles. The fourth-order valence-electron chi connectivity index (χ4n) is 3.94. The van der Waals surface area contributed by atoms with Gasteiger partial charge in [-0.3, -0.25) is 0 Å². The highest BCUT2D eigenvalue weighted by Gasteiger charge is 2.38. The molecular weight excluding hydrogens is 426 g/mol. The second kappa shape index (κ2) is 13.2. The number of unbranched alkanes of at least 4 members (excludes halogenated alkanes) is 4. The highest BCUT2D eigenvalue weighted by molar-refractivity contribution is 9.10. The van der Waals surface area contributed by atoms with Gasteiger partial charge in [-0.05, 0) is 49.1 Å². The van der Waals surface area contributed by atoms with Gasteiger partial charge in [0, 0.05) is 23.5 Å². The Kier molecular flexibility index (Phi) is 10.9. The molecule has 3 N–H and O–H groups in total. The van der Waals surface area contributed by atoms with E-state index in [9.17, 15) is 5.11 Å². The Balaban J connectivity index is 2.29. The third-order valence-corrected chi connectivity index (χ3v) is 6.17. The summed E-state index contributed by atoms with van der Waals surface area (Å²) >= 11 is 3.52. The minimum absolute atomic E-state index is 0.0411. The highest BCUT2D eigenvalue weighted by Crippen LogP contribution is 2.41. The summed E-state index contributed by atoms with van der Waals surface area (Å²) in [6, 6.07) is 18.5. The van der Waals surface area contributed by atoms with Gasteiger partial charge in [0.25, 0.3) is 0 Å². The number of hydrogen-bond acceptors (Lipinski definition) is 3. The molecule has 0 unspecified atom stereocenters. The van der Waals surface area contributed by atoms with Crippen molar-refractivity contribution in [3.8, 4) is 0 Å². The van der Waals surface area contributed by atoms with Gasteiger partial charge >= 0.3 is 0 Å². The van der Waals surface area contributed by atoms with Crippen LogP contribution in [0.4, 0.5) is 0 Å². The van der Waals surface area contributed by atoms with Crippen molar-refractivity contribution in [3.05, 3.63) is 70.2 Å². The molecule has 29 heavy (non-hydrogen) atoms. The Morgan fingerprint density at radius 2 is 1.66 bits per heavy atom. The molecular formula is C25H36BrNO2. The molecule has 2 aromatic carbocycles. The first-order chi connectivity index (χ1) is 14.1. The molecule has 0 aliphatic heterocycles. The van der Waals surface area contributed by atoms with Gasteiger partial charge in [0.15, 0.2) is 0 Å². The molecule has 0 amide bonds. The molecule has 0 aromatic heterocycles. The predicted molar refractivity (Wildman–Crippen MR) is 125 cm³/mol. The smallest absolute Gasteiger partial charge is 0.0976 e. The van der Waals surface area contributed by atoms with Crippen LogP contribution < -0.4 is 5.32 Å². The third kappa shape index (κ3) is 7.53. The zero-order chi connectivity index (χ0) is 21.0. The summed E-state index contributed by atoms with van der Waals surface area (Å²) in [5.74, 6) is -0.0411. The second-order valence-corrected chi connectivity index (χ2v) is 8.76. The van der Waals surface area contributed by atoms with Gasteiger partial charge in [0.05, 0.1) is 5.60 Å². The Hall–Kier alpha value is -1.20. The molecule has 2 aromatic rings. The molecule has 2 rings (SSSR count). The van der Waals surface area contributed by atoms with Crippen molar-refractivity contribution in [2.45, 2.75) is 63.4 Å². The van der Waals surface area contributed by atoms with Crippen LogP contribution in [0.3, 0.4) is 0 Å². The number of aliphatic hydroxyl groups excluding tert-OH is 1. The molecule has 0 spiro atoms. The maximum atomic E-state index is 12.1. The molecule has 0 radical (unpaired) electrons. The van der Waals surface area contributed by atoms with E-state index in [1.54, 1.807) is 0 Å². The van der Waals surface area contributed by atoms with Crippen molar-refractivity contribution < 1.29 is 10.2 Å². The van der Waals surface area contributed by atoms with Crippen LogP contribution in [0.2, 0.25) is 0 Å². The van der Waals surface area contributed by atoms with E-state index < -0.39 is 5.60 Å². The first kappa shape index (κ1) is 24.1. The maximum absolute atomic E-state index is 12.1. The molecule has 0 saturated carbocycles. The monoisotopic (exact) mass is 461 g/mol. The van der Waals surface area contributed by atoms with Gasteiger partial charge in [0.1, 0.15) is 0 Å². The van der Waals surface area contributed by atoms with Crippen LogP contribution in [0, 0.1) is 0 Å². The number of aliphatic hydroxyl groups is 2. The van der Waals surface area contributed by atoms with Gasteiger partial charge in [0.2, 0.25) is 0 Å². The molecule has 0 fully saturated rings. The van der Waals surface area contributed by atoms with Crippen molar-refractivity contribution in [3.63, 3.8) is 0 Å². The van der Waals surface area contributed by atoms with Crippen molar-refractivity contribution in [2.24, 2.45) is 0 Å². The van der Waals surface area contributed by atoms with Crippen LogP contribution in [-0.4, -0.2) is 29.9 Å². The van der Waals surface area contributed by atoms with Gasteiger partial charge in [-0.2, -0.15) is 0 Å². The average Bonchev–Trinajstić information content (AvgIpc) is 2.75. The minimum atomic E-state index is -0.931. The number of benzene rings is 2. The fraction of sp³-hybridized carbons (Fsp3) is 0.520. The first-order valence-corrected chi connectivity index (χ1v) is 11.8. The molecule has 0 aliphatic carbocycles. The first-order valence-electron chi connectivity index (χ1n) is 11.0. The number of hydrogen-bond donors (Lipinski definition) is 3. The molecule has 3 nitrogen and oxygen atoms in total. The summed E-state index contributed by atoms with van der Waals surface area (Å²) in [4.78, 5) is 0. The lowest BCUT2D eigenvalue weighted by Gasteiger charge is -2.38. The zero-order valence-electron chi connectivity index (χ0n) is 17.6. The van der Waals surface area contributed by atoms with Gasteiger partial charge < -0.3 is 15.5 Å². The summed E-state index contributed by atoms with van der Waals surface area (Å²) < 4.78 is 1.02. The molecule has 160 valence electrons. The number of nitrogens with one attached hydrogen (secondary N) is 1. The summed E-state index contributed by atoms with van der Waals surface area (Å²) in [6.07, 6.45) is 7.01. The van der Waals surface area contributed by atoms with E-state index in [0.717, 1.165) is 54.2 Å². The maximum Gasteiger partial charge on any atom is 0.0976 e. The van der Waals surface area contributed by atoms with E-state index in [1.807, 2.05) is 42.5 Å². The van der Waals surface area contributed by atoms with Crippen LogP contribution in [0.5, 0.6) is 0 Å². The molecule has 0 aliphatic rings. The van der Waals surface area contributed by atoms with Crippen molar-refractivity contribution >= 4 is 15.9 Å². The zero-order valence-corrected chi connectivity index (χ0v) is 19.2. The van der Waals surface area contributed by atoms with E-state index >= 15 is 0 Å². The lowest BCUT2D eigenvalue weighted by atomic mass is 9.74. The van der Waals surface area contributed by atoms with Crippen molar-refractivity contribution in [2.75, 3.05) is 19.7 Å². The summed E-state index contributed by atoms with van der Waals surface area (Å²) in [7, 11) is 0. The molecule has 0 bridgehead atoms. The predicted octanol–water partition coefficient (Wildman–Crippen LogP) is 5.75. The normalized spacial score (nSPS) is 14.5. The van der Waals surface area contributed by atoms with E-state index in [-0.39, 0.29) is 12.5 Å². The van der Waals surface area contributed by atoms with Crippen LogP contribution in [0.25, 0.3) is 0 Å². The Bertz CT molecular complexity index is 677. The molecule has 4 heteroatoms. The highest BCUT2D eigenvalue weighted by atomic mass is 79.9. The quantitative estimate of drug-likeness (QED) is 0.313. The van der Waals surface area contributed by atoms with E-state index in [1.165, 1.54) is 12.8 Å². The largest absolute Gasteiger partial charge is 0.396 e. The van der Waals surface area contributed by atoms with Crippen LogP contribution >= 0.6 is 15.9 Å². The SMILES string of the molecule is CCCCCC[C@](O)(c1ccc(Br)cc1)[C@H](CNCCCCO)c1ccccc1. The number of rotatable bonds is 14. The minimum Gasteiger partial charge on any atom is -0.396 e. The third-order valence-electron chi connectivity index (χ3n) is 5.64.